The summed E-state index contributed by atoms with van der Waals surface area (Å²) in [7, 11) is -4.00. The average Bonchev–Trinajstić information content (AvgIpc) is 3.31. The van der Waals surface area contributed by atoms with Crippen LogP contribution in [0.4, 0.5) is 0 Å². The van der Waals surface area contributed by atoms with Gasteiger partial charge in [-0.3, -0.25) is 4.57 Å². The van der Waals surface area contributed by atoms with Gasteiger partial charge in [-0.15, -0.1) is 4.09 Å². The molecule has 5 aromatic rings. The van der Waals surface area contributed by atoms with E-state index in [9.17, 15) is 8.42 Å². The summed E-state index contributed by atoms with van der Waals surface area (Å²) >= 11 is 6.11. The second-order valence-corrected chi connectivity index (χ2v) is 8.30. The fourth-order valence-electron chi connectivity index (χ4n) is 3.17. The molecule has 0 N–H and O–H groups in total. The summed E-state index contributed by atoms with van der Waals surface area (Å²) in [5.74, 6) is 0. The van der Waals surface area contributed by atoms with Gasteiger partial charge in [0.1, 0.15) is 10.5 Å². The number of benzene rings is 1. The SMILES string of the molecule is O=S(=O)(c1cn(-c2cccc(Cl)c2)c2ncccc12)n1ncc2cccnc21. The molecular weight excluding hydrogens is 398 g/mol. The number of aromatic nitrogens is 5. The molecule has 0 aliphatic heterocycles. The normalized spacial score (nSPS) is 12.0. The zero-order valence-electron chi connectivity index (χ0n) is 14.3. The second kappa shape index (κ2) is 6.15. The van der Waals surface area contributed by atoms with Gasteiger partial charge in [-0.25, -0.2) is 9.97 Å². The van der Waals surface area contributed by atoms with Crippen LogP contribution < -0.4 is 0 Å². The molecule has 0 saturated carbocycles. The zero-order chi connectivity index (χ0) is 19.3. The molecule has 0 aliphatic carbocycles. The summed E-state index contributed by atoms with van der Waals surface area (Å²) in [5, 5.41) is 5.73. The quantitative estimate of drug-likeness (QED) is 0.454. The van der Waals surface area contributed by atoms with Gasteiger partial charge in [-0.2, -0.15) is 13.5 Å². The number of hydrogen-bond donors (Lipinski definition) is 0. The van der Waals surface area contributed by atoms with Crippen LogP contribution in [0.15, 0.2) is 78.2 Å². The molecule has 0 bridgehead atoms. The van der Waals surface area contributed by atoms with Crippen molar-refractivity contribution in [2.45, 2.75) is 4.90 Å². The number of rotatable bonds is 3. The topological polar surface area (TPSA) is 82.7 Å². The Hall–Kier alpha value is -3.23. The Kier molecular flexibility index (Phi) is 3.71. The highest BCUT2D eigenvalue weighted by molar-refractivity contribution is 7.90. The third kappa shape index (κ3) is 2.49. The van der Waals surface area contributed by atoms with Crippen molar-refractivity contribution >= 4 is 43.7 Å². The first kappa shape index (κ1) is 16.9. The largest absolute Gasteiger partial charge is 0.300 e. The molecule has 0 aliphatic rings. The zero-order valence-corrected chi connectivity index (χ0v) is 15.8. The van der Waals surface area contributed by atoms with E-state index < -0.39 is 10.0 Å². The van der Waals surface area contributed by atoms with Gasteiger partial charge in [0.2, 0.25) is 0 Å². The molecule has 28 heavy (non-hydrogen) atoms. The fraction of sp³-hybridized carbons (Fsp3) is 0. The van der Waals surface area contributed by atoms with E-state index in [0.29, 0.717) is 27.1 Å². The van der Waals surface area contributed by atoms with Gasteiger partial charge in [0.15, 0.2) is 5.65 Å². The van der Waals surface area contributed by atoms with E-state index in [4.69, 9.17) is 11.6 Å². The molecule has 0 radical (unpaired) electrons. The van der Waals surface area contributed by atoms with Gasteiger partial charge in [-0.05, 0) is 42.5 Å². The van der Waals surface area contributed by atoms with Gasteiger partial charge in [0.05, 0.1) is 6.20 Å². The maximum Gasteiger partial charge on any atom is 0.287 e. The Labute approximate surface area is 164 Å². The molecule has 4 heterocycles. The van der Waals surface area contributed by atoms with E-state index in [2.05, 4.69) is 15.1 Å². The minimum absolute atomic E-state index is 0.0891. The number of nitrogens with zero attached hydrogens (tertiary/aromatic N) is 5. The van der Waals surface area contributed by atoms with Crippen LogP contribution in [0.1, 0.15) is 0 Å². The summed E-state index contributed by atoms with van der Waals surface area (Å²) < 4.78 is 29.5. The Bertz CT molecular complexity index is 1460. The highest BCUT2D eigenvalue weighted by atomic mass is 35.5. The minimum Gasteiger partial charge on any atom is -0.300 e. The Balaban J connectivity index is 1.80. The van der Waals surface area contributed by atoms with Gasteiger partial charge in [0.25, 0.3) is 10.0 Å². The summed E-state index contributed by atoms with van der Waals surface area (Å²) in [5.41, 5.74) is 1.49. The van der Waals surface area contributed by atoms with Crippen LogP contribution in [-0.2, 0) is 10.0 Å². The lowest BCUT2D eigenvalue weighted by Gasteiger charge is -2.04. The van der Waals surface area contributed by atoms with Crippen molar-refractivity contribution in [3.8, 4) is 5.69 Å². The molecule has 0 saturated heterocycles. The van der Waals surface area contributed by atoms with E-state index in [1.165, 1.54) is 18.6 Å². The van der Waals surface area contributed by atoms with E-state index in [1.54, 1.807) is 53.2 Å². The van der Waals surface area contributed by atoms with Crippen LogP contribution >= 0.6 is 11.6 Å². The number of halogens is 1. The van der Waals surface area contributed by atoms with Crippen molar-refractivity contribution in [3.63, 3.8) is 0 Å². The minimum atomic E-state index is -4.00. The third-order valence-electron chi connectivity index (χ3n) is 4.42. The number of pyridine rings is 2. The van der Waals surface area contributed by atoms with Crippen molar-refractivity contribution in [2.75, 3.05) is 0 Å². The molecule has 138 valence electrons. The first-order chi connectivity index (χ1) is 13.6. The molecule has 0 atom stereocenters. The van der Waals surface area contributed by atoms with Crippen molar-refractivity contribution in [2.24, 2.45) is 0 Å². The van der Waals surface area contributed by atoms with Crippen LogP contribution in [0, 0.1) is 0 Å². The van der Waals surface area contributed by atoms with Crippen molar-refractivity contribution in [1.82, 2.24) is 23.7 Å². The van der Waals surface area contributed by atoms with Crippen LogP contribution in [0.5, 0.6) is 0 Å². The Morgan fingerprint density at radius 3 is 2.54 bits per heavy atom. The lowest BCUT2D eigenvalue weighted by Crippen LogP contribution is -2.14. The highest BCUT2D eigenvalue weighted by Gasteiger charge is 2.26. The van der Waals surface area contributed by atoms with Crippen molar-refractivity contribution in [1.29, 1.82) is 0 Å². The molecule has 5 rings (SSSR count). The first-order valence-electron chi connectivity index (χ1n) is 8.32. The molecule has 0 amide bonds. The second-order valence-electron chi connectivity index (χ2n) is 6.13. The van der Waals surface area contributed by atoms with Crippen LogP contribution in [-0.4, -0.2) is 32.1 Å². The van der Waals surface area contributed by atoms with Gasteiger partial charge in [-0.1, -0.05) is 17.7 Å². The van der Waals surface area contributed by atoms with Gasteiger partial charge >= 0.3 is 0 Å². The predicted octanol–water partition coefficient (Wildman–Crippen LogP) is 3.66. The monoisotopic (exact) mass is 409 g/mol. The van der Waals surface area contributed by atoms with Crippen LogP contribution in [0.3, 0.4) is 0 Å². The van der Waals surface area contributed by atoms with E-state index in [1.807, 2.05) is 6.07 Å². The average molecular weight is 410 g/mol. The summed E-state index contributed by atoms with van der Waals surface area (Å²) in [6, 6.07) is 14.0. The molecule has 7 nitrogen and oxygen atoms in total. The standard InChI is InChI=1S/C19H12ClN5O2S/c20-14-5-1-6-15(10-14)24-12-17(16-7-3-9-22-19(16)24)28(26,27)25-18-13(11-23-25)4-2-8-21-18/h1-12H. The van der Waals surface area contributed by atoms with Crippen LogP contribution in [0.2, 0.25) is 5.02 Å². The Morgan fingerprint density at radius 1 is 0.929 bits per heavy atom. The van der Waals surface area contributed by atoms with Gasteiger partial charge < -0.3 is 0 Å². The first-order valence-corrected chi connectivity index (χ1v) is 10.1. The summed E-state index contributed by atoms with van der Waals surface area (Å²) in [6.45, 7) is 0. The van der Waals surface area contributed by atoms with E-state index >= 15 is 0 Å². The fourth-order valence-corrected chi connectivity index (χ4v) is 4.76. The molecule has 0 spiro atoms. The number of fused-ring (bicyclic) bond motifs is 2. The molecule has 9 heteroatoms. The maximum atomic E-state index is 13.4. The summed E-state index contributed by atoms with van der Waals surface area (Å²) in [6.07, 6.45) is 6.17. The molecule has 0 unspecified atom stereocenters. The Morgan fingerprint density at radius 2 is 1.71 bits per heavy atom. The van der Waals surface area contributed by atoms with Crippen molar-refractivity contribution < 1.29 is 8.42 Å². The molecular formula is C19H12ClN5O2S. The number of hydrogen-bond acceptors (Lipinski definition) is 5. The highest BCUT2D eigenvalue weighted by Crippen LogP contribution is 2.29. The van der Waals surface area contributed by atoms with Crippen LogP contribution in [0.25, 0.3) is 27.8 Å². The van der Waals surface area contributed by atoms with E-state index in [0.717, 1.165) is 4.09 Å². The smallest absolute Gasteiger partial charge is 0.287 e. The summed E-state index contributed by atoms with van der Waals surface area (Å²) in [4.78, 5) is 8.64. The third-order valence-corrected chi connectivity index (χ3v) is 6.26. The maximum absolute atomic E-state index is 13.4. The lowest BCUT2D eigenvalue weighted by molar-refractivity contribution is 0.582. The predicted molar refractivity (Wildman–Crippen MR) is 106 cm³/mol. The molecule has 4 aromatic heterocycles. The van der Waals surface area contributed by atoms with E-state index in [-0.39, 0.29) is 10.5 Å². The molecule has 0 fully saturated rings. The molecule has 1 aromatic carbocycles. The lowest BCUT2D eigenvalue weighted by atomic mass is 10.3. The van der Waals surface area contributed by atoms with Gasteiger partial charge in [0, 0.05) is 40.1 Å². The van der Waals surface area contributed by atoms with Crippen molar-refractivity contribution in [3.05, 3.63) is 78.3 Å².